The molecule has 2 aliphatic carbocycles. The summed E-state index contributed by atoms with van der Waals surface area (Å²) in [5.41, 5.74) is 9.47. The second-order valence-electron chi connectivity index (χ2n) is 8.44. The first-order valence-electron chi connectivity index (χ1n) is 10.0. The Morgan fingerprint density at radius 1 is 1.30 bits per heavy atom. The molecule has 3 heterocycles. The van der Waals surface area contributed by atoms with Gasteiger partial charge in [-0.15, -0.1) is 0 Å². The summed E-state index contributed by atoms with van der Waals surface area (Å²) in [6, 6.07) is 2.62. The van der Waals surface area contributed by atoms with E-state index < -0.39 is 0 Å². The Morgan fingerprint density at radius 2 is 2.07 bits per heavy atom. The number of rotatable bonds is 5. The predicted molar refractivity (Wildman–Crippen MR) is 104 cm³/mol. The summed E-state index contributed by atoms with van der Waals surface area (Å²) >= 11 is 0. The van der Waals surface area contributed by atoms with Crippen LogP contribution < -0.4 is 5.73 Å². The van der Waals surface area contributed by atoms with Crippen LogP contribution in [0.1, 0.15) is 63.2 Å². The third-order valence-electron chi connectivity index (χ3n) is 6.16. The number of halogens is 1. The lowest BCUT2D eigenvalue weighted by Gasteiger charge is -2.34. The van der Waals surface area contributed by atoms with E-state index in [0.29, 0.717) is 23.4 Å². The molecule has 2 aliphatic rings. The zero-order chi connectivity index (χ0) is 18.7. The Kier molecular flexibility index (Phi) is 3.86. The van der Waals surface area contributed by atoms with Crippen molar-refractivity contribution < 1.29 is 4.39 Å². The Bertz CT molecular complexity index is 992. The van der Waals surface area contributed by atoms with Gasteiger partial charge in [-0.3, -0.25) is 9.67 Å². The van der Waals surface area contributed by atoms with Crippen LogP contribution in [-0.4, -0.2) is 25.9 Å². The fourth-order valence-corrected chi connectivity index (χ4v) is 4.33. The standard InChI is InChI=1S/C21H26FN5/c1-12(2)26-6-5-16-20(24-10-18(22)21(16)26)17-11-27(15-7-13(8-15)9-23)25-19(17)14-3-4-14/h5-6,10-15H,3-4,7-9,23H2,1-2H3/t13-,15-. The van der Waals surface area contributed by atoms with Crippen molar-refractivity contribution in [1.29, 1.82) is 0 Å². The van der Waals surface area contributed by atoms with Crippen LogP contribution in [0.15, 0.2) is 24.7 Å². The Morgan fingerprint density at radius 3 is 2.74 bits per heavy atom. The molecule has 0 amide bonds. The lowest BCUT2D eigenvalue weighted by Crippen LogP contribution is -2.32. The van der Waals surface area contributed by atoms with Crippen molar-refractivity contribution in [3.63, 3.8) is 0 Å². The number of hydrogen-bond donors (Lipinski definition) is 1. The smallest absolute Gasteiger partial charge is 0.165 e. The highest BCUT2D eigenvalue weighted by atomic mass is 19.1. The van der Waals surface area contributed by atoms with Crippen molar-refractivity contribution in [1.82, 2.24) is 19.3 Å². The van der Waals surface area contributed by atoms with Crippen molar-refractivity contribution in [2.75, 3.05) is 6.54 Å². The molecule has 5 nitrogen and oxygen atoms in total. The highest BCUT2D eigenvalue weighted by molar-refractivity contribution is 5.94. The summed E-state index contributed by atoms with van der Waals surface area (Å²) in [7, 11) is 0. The minimum atomic E-state index is -0.266. The lowest BCUT2D eigenvalue weighted by atomic mass is 9.80. The molecule has 27 heavy (non-hydrogen) atoms. The van der Waals surface area contributed by atoms with Crippen molar-refractivity contribution in [3.8, 4) is 11.3 Å². The highest BCUT2D eigenvalue weighted by Crippen LogP contribution is 2.46. The SMILES string of the molecule is CC(C)n1ccc2c(-c3cn([C@H]4C[C@H](CN)C4)nc3C3CC3)ncc(F)c21. The molecule has 0 atom stereocenters. The zero-order valence-corrected chi connectivity index (χ0v) is 15.9. The molecule has 0 aliphatic heterocycles. The van der Waals surface area contributed by atoms with Gasteiger partial charge in [0.25, 0.3) is 0 Å². The quantitative estimate of drug-likeness (QED) is 0.727. The minimum absolute atomic E-state index is 0.195. The second kappa shape index (κ2) is 6.16. The van der Waals surface area contributed by atoms with Gasteiger partial charge in [0.2, 0.25) is 0 Å². The largest absolute Gasteiger partial charge is 0.342 e. The van der Waals surface area contributed by atoms with Gasteiger partial charge in [0.1, 0.15) is 0 Å². The zero-order valence-electron chi connectivity index (χ0n) is 15.9. The third-order valence-corrected chi connectivity index (χ3v) is 6.16. The topological polar surface area (TPSA) is 61.7 Å². The summed E-state index contributed by atoms with van der Waals surface area (Å²) in [5, 5.41) is 5.82. The molecule has 3 aromatic heterocycles. The van der Waals surface area contributed by atoms with Crippen LogP contribution >= 0.6 is 0 Å². The Labute approximate surface area is 158 Å². The van der Waals surface area contributed by atoms with E-state index in [2.05, 4.69) is 29.7 Å². The van der Waals surface area contributed by atoms with Crippen molar-refractivity contribution in [2.24, 2.45) is 11.7 Å². The van der Waals surface area contributed by atoms with Crippen molar-refractivity contribution >= 4 is 10.9 Å². The summed E-state index contributed by atoms with van der Waals surface area (Å²) in [5.74, 6) is 0.862. The number of fused-ring (bicyclic) bond motifs is 1. The Balaban J connectivity index is 1.62. The predicted octanol–water partition coefficient (Wildman–Crippen LogP) is 4.41. The van der Waals surface area contributed by atoms with Crippen LogP contribution in [-0.2, 0) is 0 Å². The molecule has 0 radical (unpaired) electrons. The average Bonchev–Trinajstić information content (AvgIpc) is 3.19. The van der Waals surface area contributed by atoms with Crippen LogP contribution in [0, 0.1) is 11.7 Å². The van der Waals surface area contributed by atoms with E-state index in [0.717, 1.165) is 41.7 Å². The number of nitrogens with two attached hydrogens (primary N) is 1. The maximum Gasteiger partial charge on any atom is 0.165 e. The fraction of sp³-hybridized carbons (Fsp3) is 0.524. The van der Waals surface area contributed by atoms with Crippen molar-refractivity contribution in [2.45, 2.75) is 57.5 Å². The van der Waals surface area contributed by atoms with E-state index in [1.165, 1.54) is 19.0 Å². The van der Waals surface area contributed by atoms with Gasteiger partial charge in [-0.1, -0.05) is 0 Å². The summed E-state index contributed by atoms with van der Waals surface area (Å²) in [6.45, 7) is 4.89. The molecule has 0 unspecified atom stereocenters. The fourth-order valence-electron chi connectivity index (χ4n) is 4.33. The van der Waals surface area contributed by atoms with E-state index in [-0.39, 0.29) is 11.9 Å². The van der Waals surface area contributed by atoms with Gasteiger partial charge in [-0.05, 0) is 58.1 Å². The molecule has 6 heteroatoms. The number of pyridine rings is 1. The third kappa shape index (κ3) is 2.69. The Hall–Kier alpha value is -2.21. The summed E-state index contributed by atoms with van der Waals surface area (Å²) < 4.78 is 18.7. The van der Waals surface area contributed by atoms with E-state index in [4.69, 9.17) is 10.8 Å². The number of aromatic nitrogens is 4. The molecule has 5 rings (SSSR count). The molecule has 0 aromatic carbocycles. The van der Waals surface area contributed by atoms with Gasteiger partial charge in [0.15, 0.2) is 5.82 Å². The maximum atomic E-state index is 14.6. The highest BCUT2D eigenvalue weighted by Gasteiger charge is 2.35. The molecular weight excluding hydrogens is 341 g/mol. The van der Waals surface area contributed by atoms with Crippen LogP contribution in [0.2, 0.25) is 0 Å². The lowest BCUT2D eigenvalue weighted by molar-refractivity contribution is 0.189. The first-order chi connectivity index (χ1) is 13.1. The van der Waals surface area contributed by atoms with Gasteiger partial charge < -0.3 is 10.3 Å². The van der Waals surface area contributed by atoms with Crippen LogP contribution in [0.5, 0.6) is 0 Å². The van der Waals surface area contributed by atoms with E-state index in [1.807, 2.05) is 16.8 Å². The first kappa shape index (κ1) is 16.9. The van der Waals surface area contributed by atoms with Gasteiger partial charge in [-0.25, -0.2) is 4.39 Å². The number of nitrogens with zero attached hydrogens (tertiary/aromatic N) is 4. The monoisotopic (exact) mass is 367 g/mol. The van der Waals surface area contributed by atoms with E-state index in [9.17, 15) is 4.39 Å². The van der Waals surface area contributed by atoms with Crippen LogP contribution in [0.3, 0.4) is 0 Å². The molecular formula is C21H26FN5. The second-order valence-corrected chi connectivity index (χ2v) is 8.44. The maximum absolute atomic E-state index is 14.6. The van der Waals surface area contributed by atoms with E-state index >= 15 is 0 Å². The van der Waals surface area contributed by atoms with Gasteiger partial charge in [0, 0.05) is 35.3 Å². The normalized spacial score (nSPS) is 22.6. The molecule has 0 saturated heterocycles. The van der Waals surface area contributed by atoms with Gasteiger partial charge in [0.05, 0.1) is 29.1 Å². The molecule has 0 bridgehead atoms. The molecule has 0 spiro atoms. The van der Waals surface area contributed by atoms with Crippen molar-refractivity contribution in [3.05, 3.63) is 36.2 Å². The molecule has 2 N–H and O–H groups in total. The first-order valence-corrected chi connectivity index (χ1v) is 10.0. The molecule has 2 saturated carbocycles. The van der Waals surface area contributed by atoms with Gasteiger partial charge in [-0.2, -0.15) is 5.10 Å². The average molecular weight is 367 g/mol. The van der Waals surface area contributed by atoms with Gasteiger partial charge >= 0.3 is 0 Å². The summed E-state index contributed by atoms with van der Waals surface area (Å²) in [4.78, 5) is 4.51. The minimum Gasteiger partial charge on any atom is -0.342 e. The van der Waals surface area contributed by atoms with E-state index in [1.54, 1.807) is 0 Å². The molecule has 2 fully saturated rings. The van der Waals surface area contributed by atoms with Crippen LogP contribution in [0.25, 0.3) is 22.2 Å². The molecule has 3 aromatic rings. The summed E-state index contributed by atoms with van der Waals surface area (Å²) in [6.07, 6.45) is 10.0. The van der Waals surface area contributed by atoms with Crippen LogP contribution in [0.4, 0.5) is 4.39 Å². The number of hydrogen-bond acceptors (Lipinski definition) is 3. The molecule has 142 valence electrons.